The molecule has 0 bridgehead atoms. The van der Waals surface area contributed by atoms with Crippen LogP contribution in [0.15, 0.2) is 6.07 Å². The minimum Gasteiger partial charge on any atom is -0.385 e. The van der Waals surface area contributed by atoms with Crippen molar-refractivity contribution in [2.75, 3.05) is 13.7 Å². The molecule has 2 nitrogen and oxygen atoms in total. The molecular weight excluding hydrogens is 230 g/mol. The van der Waals surface area contributed by atoms with Gasteiger partial charge in [0.2, 0.25) is 0 Å². The Bertz CT molecular complexity index is 338. The quantitative estimate of drug-likeness (QED) is 0.874. The fourth-order valence-electron chi connectivity index (χ4n) is 2.44. The van der Waals surface area contributed by atoms with E-state index in [1.54, 1.807) is 17.6 Å². The van der Waals surface area contributed by atoms with Gasteiger partial charge in [-0.25, -0.2) is 0 Å². The Balaban J connectivity index is 2.03. The zero-order valence-corrected chi connectivity index (χ0v) is 11.7. The summed E-state index contributed by atoms with van der Waals surface area (Å²) in [5.74, 6) is 0.495. The minimum absolute atomic E-state index is 0.181. The summed E-state index contributed by atoms with van der Waals surface area (Å²) < 4.78 is 5.13. The van der Waals surface area contributed by atoms with Gasteiger partial charge in [0.25, 0.3) is 0 Å². The van der Waals surface area contributed by atoms with E-state index in [0.717, 1.165) is 13.0 Å². The van der Waals surface area contributed by atoms with Gasteiger partial charge in [-0.3, -0.25) is 0 Å². The van der Waals surface area contributed by atoms with Gasteiger partial charge in [0.15, 0.2) is 0 Å². The van der Waals surface area contributed by atoms with Crippen LogP contribution in [0, 0.1) is 5.92 Å². The highest BCUT2D eigenvalue weighted by molar-refractivity contribution is 7.12. The molecule has 2 N–H and O–H groups in total. The molecule has 2 rings (SSSR count). The molecule has 1 aromatic heterocycles. The number of thiophene rings is 1. The third-order valence-electron chi connectivity index (χ3n) is 3.73. The average molecular weight is 253 g/mol. The first-order valence-electron chi connectivity index (χ1n) is 6.58. The summed E-state index contributed by atoms with van der Waals surface area (Å²) in [6.45, 7) is 3.03. The number of rotatable bonds is 5. The first kappa shape index (κ1) is 13.1. The number of methoxy groups -OCH3 is 1. The van der Waals surface area contributed by atoms with Crippen molar-refractivity contribution < 1.29 is 4.74 Å². The van der Waals surface area contributed by atoms with Crippen LogP contribution in [0.2, 0.25) is 0 Å². The van der Waals surface area contributed by atoms with Crippen LogP contribution < -0.4 is 5.73 Å². The lowest BCUT2D eigenvalue weighted by molar-refractivity contribution is 0.175. The fraction of sp³-hybridized carbons (Fsp3) is 0.714. The summed E-state index contributed by atoms with van der Waals surface area (Å²) in [7, 11) is 1.75. The molecule has 1 heterocycles. The number of fused-ring (bicyclic) bond motifs is 1. The number of ether oxygens (including phenoxy) is 1. The van der Waals surface area contributed by atoms with Crippen molar-refractivity contribution in [3.8, 4) is 0 Å². The first-order chi connectivity index (χ1) is 8.22. The highest BCUT2D eigenvalue weighted by Crippen LogP contribution is 2.35. The highest BCUT2D eigenvalue weighted by atomic mass is 32.1. The minimum atomic E-state index is 0.181. The van der Waals surface area contributed by atoms with Crippen LogP contribution in [-0.2, 0) is 17.6 Å². The van der Waals surface area contributed by atoms with Gasteiger partial charge in [-0.2, -0.15) is 0 Å². The number of aryl methyl sites for hydroxylation is 2. The zero-order valence-electron chi connectivity index (χ0n) is 10.9. The maximum Gasteiger partial charge on any atom is 0.0465 e. The van der Waals surface area contributed by atoms with Gasteiger partial charge in [-0.05, 0) is 49.7 Å². The summed E-state index contributed by atoms with van der Waals surface area (Å²) in [6, 6.07) is 2.54. The van der Waals surface area contributed by atoms with Crippen LogP contribution in [0.4, 0.5) is 0 Å². The lowest BCUT2D eigenvalue weighted by atomic mass is 9.95. The predicted molar refractivity (Wildman–Crippen MR) is 73.5 cm³/mol. The van der Waals surface area contributed by atoms with Crippen LogP contribution in [0.3, 0.4) is 0 Å². The lowest BCUT2D eigenvalue weighted by Gasteiger charge is -2.18. The third-order valence-corrected chi connectivity index (χ3v) is 5.07. The predicted octanol–water partition coefficient (Wildman–Crippen LogP) is 3.30. The Labute approximate surface area is 108 Å². The van der Waals surface area contributed by atoms with E-state index in [-0.39, 0.29) is 6.04 Å². The number of nitrogens with two attached hydrogens (primary N) is 1. The zero-order chi connectivity index (χ0) is 12.3. The smallest absolute Gasteiger partial charge is 0.0465 e. The number of hydrogen-bond acceptors (Lipinski definition) is 3. The molecule has 0 spiro atoms. The molecule has 0 aromatic carbocycles. The van der Waals surface area contributed by atoms with Gasteiger partial charge >= 0.3 is 0 Å². The van der Waals surface area contributed by atoms with E-state index in [0.29, 0.717) is 5.92 Å². The van der Waals surface area contributed by atoms with Crippen LogP contribution >= 0.6 is 11.3 Å². The molecule has 96 valence electrons. The lowest BCUT2D eigenvalue weighted by Crippen LogP contribution is -2.19. The average Bonchev–Trinajstić information content (AvgIpc) is 2.78. The van der Waals surface area contributed by atoms with E-state index in [2.05, 4.69) is 13.0 Å². The maximum absolute atomic E-state index is 6.35. The normalized spacial score (nSPS) is 18.8. The first-order valence-corrected chi connectivity index (χ1v) is 7.40. The number of hydrogen-bond donors (Lipinski definition) is 1. The summed E-state index contributed by atoms with van der Waals surface area (Å²) in [5, 5.41) is 0. The van der Waals surface area contributed by atoms with Crippen molar-refractivity contribution in [1.82, 2.24) is 0 Å². The Morgan fingerprint density at radius 1 is 1.41 bits per heavy atom. The molecule has 0 fully saturated rings. The second-order valence-corrected chi connectivity index (χ2v) is 6.26. The molecule has 2 atom stereocenters. The van der Waals surface area contributed by atoms with Crippen molar-refractivity contribution >= 4 is 11.3 Å². The SMILES string of the molecule is COCCC(C)C(N)c1cc2c(s1)CCCC2. The topological polar surface area (TPSA) is 35.2 Å². The second kappa shape index (κ2) is 5.98. The van der Waals surface area contributed by atoms with Crippen LogP contribution in [0.5, 0.6) is 0 Å². The molecule has 3 heteroatoms. The van der Waals surface area contributed by atoms with Crippen LogP contribution in [0.1, 0.15) is 47.5 Å². The van der Waals surface area contributed by atoms with Crippen molar-refractivity contribution in [2.45, 2.75) is 45.1 Å². The van der Waals surface area contributed by atoms with Gasteiger partial charge in [-0.15, -0.1) is 11.3 Å². The van der Waals surface area contributed by atoms with E-state index in [1.807, 2.05) is 11.3 Å². The summed E-state index contributed by atoms with van der Waals surface area (Å²) in [5.41, 5.74) is 7.91. The van der Waals surface area contributed by atoms with E-state index in [4.69, 9.17) is 10.5 Å². The summed E-state index contributed by atoms with van der Waals surface area (Å²) >= 11 is 1.94. The Hall–Kier alpha value is -0.380. The molecule has 0 saturated heterocycles. The monoisotopic (exact) mass is 253 g/mol. The van der Waals surface area contributed by atoms with Gasteiger partial charge < -0.3 is 10.5 Å². The Kier molecular flexibility index (Phi) is 4.60. The Morgan fingerprint density at radius 2 is 2.18 bits per heavy atom. The van der Waals surface area contributed by atoms with Crippen LogP contribution in [-0.4, -0.2) is 13.7 Å². The van der Waals surface area contributed by atoms with E-state index >= 15 is 0 Å². The third kappa shape index (κ3) is 3.09. The molecule has 1 aliphatic rings. The van der Waals surface area contributed by atoms with Crippen molar-refractivity contribution in [1.29, 1.82) is 0 Å². The highest BCUT2D eigenvalue weighted by Gasteiger charge is 2.20. The molecular formula is C14H23NOS. The van der Waals surface area contributed by atoms with Crippen molar-refractivity contribution in [3.63, 3.8) is 0 Å². The van der Waals surface area contributed by atoms with E-state index in [9.17, 15) is 0 Å². The van der Waals surface area contributed by atoms with Crippen molar-refractivity contribution in [3.05, 3.63) is 21.4 Å². The molecule has 1 aromatic rings. The van der Waals surface area contributed by atoms with Crippen LogP contribution in [0.25, 0.3) is 0 Å². The molecule has 1 aliphatic carbocycles. The molecule has 17 heavy (non-hydrogen) atoms. The molecule has 0 saturated carbocycles. The van der Waals surface area contributed by atoms with Gasteiger partial charge in [0, 0.05) is 29.5 Å². The largest absolute Gasteiger partial charge is 0.385 e. The van der Waals surface area contributed by atoms with Gasteiger partial charge in [-0.1, -0.05) is 6.92 Å². The van der Waals surface area contributed by atoms with Crippen molar-refractivity contribution in [2.24, 2.45) is 11.7 Å². The second-order valence-electron chi connectivity index (χ2n) is 5.09. The molecule has 2 unspecified atom stereocenters. The molecule has 0 amide bonds. The Morgan fingerprint density at radius 3 is 2.88 bits per heavy atom. The van der Waals surface area contributed by atoms with Gasteiger partial charge in [0.1, 0.15) is 0 Å². The fourth-order valence-corrected chi connectivity index (χ4v) is 3.83. The van der Waals surface area contributed by atoms with E-state index in [1.165, 1.54) is 30.6 Å². The summed E-state index contributed by atoms with van der Waals surface area (Å²) in [4.78, 5) is 2.96. The van der Waals surface area contributed by atoms with Gasteiger partial charge in [0.05, 0.1) is 0 Å². The molecule has 0 aliphatic heterocycles. The standard InChI is InChI=1S/C14H23NOS/c1-10(7-8-16-2)14(15)13-9-11-5-3-4-6-12(11)17-13/h9-10,14H,3-8,15H2,1-2H3. The van der Waals surface area contributed by atoms with E-state index < -0.39 is 0 Å². The maximum atomic E-state index is 6.35. The molecule has 0 radical (unpaired) electrons. The summed E-state index contributed by atoms with van der Waals surface area (Å²) in [6.07, 6.45) is 6.25.